The Morgan fingerprint density at radius 2 is 2.17 bits per heavy atom. The van der Waals surface area contributed by atoms with E-state index in [4.69, 9.17) is 0 Å². The van der Waals surface area contributed by atoms with Crippen LogP contribution in [0.4, 0.5) is 4.39 Å². The van der Waals surface area contributed by atoms with E-state index >= 15 is 0 Å². The minimum absolute atomic E-state index is 0.00532. The molecule has 96 valence electrons. The van der Waals surface area contributed by atoms with Gasteiger partial charge in [0, 0.05) is 18.9 Å². The monoisotopic (exact) mass is 268 g/mol. The molecular weight excluding hydrogens is 255 g/mol. The van der Waals surface area contributed by atoms with Gasteiger partial charge in [0.2, 0.25) is 0 Å². The number of imidazole rings is 1. The van der Waals surface area contributed by atoms with Crippen molar-refractivity contribution < 1.29 is 12.8 Å². The number of aryl methyl sites for hydroxylation is 1. The normalized spacial score (nSPS) is 11.6. The predicted molar refractivity (Wildman–Crippen MR) is 65.3 cm³/mol. The van der Waals surface area contributed by atoms with Crippen molar-refractivity contribution in [2.75, 3.05) is 5.75 Å². The number of aromatic nitrogens is 2. The zero-order chi connectivity index (χ0) is 13.0. The summed E-state index contributed by atoms with van der Waals surface area (Å²) in [6, 6.07) is 5.09. The van der Waals surface area contributed by atoms with E-state index in [1.165, 1.54) is 18.2 Å². The first-order valence-electron chi connectivity index (χ1n) is 5.52. The van der Waals surface area contributed by atoms with Crippen LogP contribution in [0.15, 0.2) is 47.9 Å². The lowest BCUT2D eigenvalue weighted by atomic mass is 10.4. The maximum Gasteiger partial charge on any atom is 0.178 e. The summed E-state index contributed by atoms with van der Waals surface area (Å²) in [5.41, 5.74) is 0. The fraction of sp³-hybridized carbons (Fsp3) is 0.250. The molecule has 1 heterocycles. The fourth-order valence-electron chi connectivity index (χ4n) is 1.63. The van der Waals surface area contributed by atoms with Gasteiger partial charge in [0.05, 0.1) is 17.0 Å². The standard InChI is InChI=1S/C12H13FN2O2S/c13-11-3-1-4-12(9-11)18(16,17)8-2-6-15-7-5-14-10-15/h1,3-5,7,9-10H,2,6,8H2. The van der Waals surface area contributed by atoms with E-state index < -0.39 is 15.7 Å². The van der Waals surface area contributed by atoms with Crippen molar-refractivity contribution in [3.63, 3.8) is 0 Å². The molecule has 6 heteroatoms. The highest BCUT2D eigenvalue weighted by Gasteiger charge is 2.14. The number of benzene rings is 1. The Morgan fingerprint density at radius 1 is 1.33 bits per heavy atom. The smallest absolute Gasteiger partial charge is 0.178 e. The summed E-state index contributed by atoms with van der Waals surface area (Å²) in [5, 5.41) is 0. The van der Waals surface area contributed by atoms with Crippen molar-refractivity contribution in [2.45, 2.75) is 17.9 Å². The zero-order valence-corrected chi connectivity index (χ0v) is 10.5. The molecule has 18 heavy (non-hydrogen) atoms. The Labute approximate surface area is 105 Å². The summed E-state index contributed by atoms with van der Waals surface area (Å²) in [5.74, 6) is -0.542. The third-order valence-corrected chi connectivity index (χ3v) is 4.34. The third-order valence-electron chi connectivity index (χ3n) is 2.54. The highest BCUT2D eigenvalue weighted by atomic mass is 32.2. The van der Waals surface area contributed by atoms with Crippen molar-refractivity contribution in [2.24, 2.45) is 0 Å². The van der Waals surface area contributed by atoms with Gasteiger partial charge in [-0.25, -0.2) is 17.8 Å². The van der Waals surface area contributed by atoms with Gasteiger partial charge >= 0.3 is 0 Å². The van der Waals surface area contributed by atoms with Gasteiger partial charge in [-0.2, -0.15) is 0 Å². The number of halogens is 1. The minimum Gasteiger partial charge on any atom is -0.337 e. The summed E-state index contributed by atoms with van der Waals surface area (Å²) >= 11 is 0. The quantitative estimate of drug-likeness (QED) is 0.832. The summed E-state index contributed by atoms with van der Waals surface area (Å²) in [7, 11) is -3.41. The lowest BCUT2D eigenvalue weighted by molar-refractivity contribution is 0.582. The van der Waals surface area contributed by atoms with Gasteiger partial charge in [-0.3, -0.25) is 0 Å². The molecule has 1 aromatic heterocycles. The summed E-state index contributed by atoms with van der Waals surface area (Å²) < 4.78 is 38.6. The van der Waals surface area contributed by atoms with Crippen LogP contribution in [0.2, 0.25) is 0 Å². The molecule has 4 nitrogen and oxygen atoms in total. The second-order valence-corrected chi connectivity index (χ2v) is 6.04. The van der Waals surface area contributed by atoms with Gasteiger partial charge in [-0.15, -0.1) is 0 Å². The van der Waals surface area contributed by atoms with Gasteiger partial charge in [0.1, 0.15) is 5.82 Å². The molecule has 2 rings (SSSR count). The first-order valence-corrected chi connectivity index (χ1v) is 7.17. The summed E-state index contributed by atoms with van der Waals surface area (Å²) in [6.45, 7) is 0.578. The average Bonchev–Trinajstić information content (AvgIpc) is 2.82. The van der Waals surface area contributed by atoms with Crippen LogP contribution in [-0.4, -0.2) is 23.7 Å². The number of sulfone groups is 1. The maximum absolute atomic E-state index is 13.0. The molecular formula is C12H13FN2O2S. The summed E-state index contributed by atoms with van der Waals surface area (Å²) in [6.07, 6.45) is 5.51. The molecule has 0 N–H and O–H groups in total. The van der Waals surface area contributed by atoms with E-state index in [1.807, 2.05) is 0 Å². The number of hydrogen-bond donors (Lipinski definition) is 0. The van der Waals surface area contributed by atoms with Crippen LogP contribution in [0.25, 0.3) is 0 Å². The zero-order valence-electron chi connectivity index (χ0n) is 9.66. The van der Waals surface area contributed by atoms with Crippen LogP contribution < -0.4 is 0 Å². The number of rotatable bonds is 5. The van der Waals surface area contributed by atoms with E-state index in [9.17, 15) is 12.8 Å². The van der Waals surface area contributed by atoms with Gasteiger partial charge in [-0.1, -0.05) is 6.07 Å². The SMILES string of the molecule is O=S(=O)(CCCn1ccnc1)c1cccc(F)c1. The lowest BCUT2D eigenvalue weighted by Gasteiger charge is -2.05. The van der Waals surface area contributed by atoms with Crippen LogP contribution in [0.1, 0.15) is 6.42 Å². The Hall–Kier alpha value is -1.69. The topological polar surface area (TPSA) is 52.0 Å². The van der Waals surface area contributed by atoms with Crippen LogP contribution in [0.5, 0.6) is 0 Å². The molecule has 0 aliphatic rings. The average molecular weight is 268 g/mol. The number of nitrogens with zero attached hydrogens (tertiary/aromatic N) is 2. The molecule has 0 atom stereocenters. The van der Waals surface area contributed by atoms with Crippen molar-refractivity contribution in [1.82, 2.24) is 9.55 Å². The Balaban J connectivity index is 1.99. The second-order valence-electron chi connectivity index (χ2n) is 3.93. The van der Waals surface area contributed by atoms with Crippen LogP contribution in [-0.2, 0) is 16.4 Å². The van der Waals surface area contributed by atoms with Crippen molar-refractivity contribution in [1.29, 1.82) is 0 Å². The Bertz CT molecular complexity index is 609. The van der Waals surface area contributed by atoms with Crippen LogP contribution >= 0.6 is 0 Å². The molecule has 0 fully saturated rings. The van der Waals surface area contributed by atoms with Crippen molar-refractivity contribution >= 4 is 9.84 Å². The largest absolute Gasteiger partial charge is 0.337 e. The molecule has 0 saturated heterocycles. The molecule has 0 unspecified atom stereocenters. The molecule has 0 amide bonds. The van der Waals surface area contributed by atoms with E-state index in [2.05, 4.69) is 4.98 Å². The molecule has 0 spiro atoms. The summed E-state index contributed by atoms with van der Waals surface area (Å²) in [4.78, 5) is 3.91. The fourth-order valence-corrected chi connectivity index (χ4v) is 2.96. The third kappa shape index (κ3) is 3.16. The first kappa shape index (κ1) is 12.8. The van der Waals surface area contributed by atoms with Gasteiger partial charge in [0.25, 0.3) is 0 Å². The minimum atomic E-state index is -3.41. The van der Waals surface area contributed by atoms with Crippen molar-refractivity contribution in [3.8, 4) is 0 Å². The first-order chi connectivity index (χ1) is 8.58. The molecule has 1 aromatic carbocycles. The predicted octanol–water partition coefficient (Wildman–Crippen LogP) is 1.89. The van der Waals surface area contributed by atoms with Gasteiger partial charge < -0.3 is 4.57 Å². The van der Waals surface area contributed by atoms with E-state index in [0.717, 1.165) is 6.07 Å². The van der Waals surface area contributed by atoms with E-state index in [1.54, 1.807) is 23.3 Å². The van der Waals surface area contributed by atoms with E-state index in [0.29, 0.717) is 13.0 Å². The van der Waals surface area contributed by atoms with Gasteiger partial charge in [0.15, 0.2) is 9.84 Å². The van der Waals surface area contributed by atoms with Crippen LogP contribution in [0.3, 0.4) is 0 Å². The molecule has 0 aliphatic carbocycles. The number of hydrogen-bond acceptors (Lipinski definition) is 3. The van der Waals surface area contributed by atoms with Crippen LogP contribution in [0, 0.1) is 5.82 Å². The Kier molecular flexibility index (Phi) is 3.76. The molecule has 0 aliphatic heterocycles. The second kappa shape index (κ2) is 5.30. The van der Waals surface area contributed by atoms with E-state index in [-0.39, 0.29) is 10.6 Å². The molecule has 0 saturated carbocycles. The molecule has 0 bridgehead atoms. The Morgan fingerprint density at radius 3 is 2.83 bits per heavy atom. The maximum atomic E-state index is 13.0. The van der Waals surface area contributed by atoms with Crippen molar-refractivity contribution in [3.05, 3.63) is 48.8 Å². The molecule has 2 aromatic rings. The highest BCUT2D eigenvalue weighted by molar-refractivity contribution is 7.91. The van der Waals surface area contributed by atoms with Gasteiger partial charge in [-0.05, 0) is 24.6 Å². The lowest BCUT2D eigenvalue weighted by Crippen LogP contribution is -2.09. The highest BCUT2D eigenvalue weighted by Crippen LogP contribution is 2.13. The molecule has 0 radical (unpaired) electrons.